The number of hydrogen-bond donors (Lipinski definition) is 1. The number of ether oxygens (including phenoxy) is 1. The third-order valence-corrected chi connectivity index (χ3v) is 3.26. The molecule has 2 unspecified atom stereocenters. The van der Waals surface area contributed by atoms with E-state index in [1.165, 1.54) is 5.56 Å². The Morgan fingerprint density at radius 1 is 1.24 bits per heavy atom. The third kappa shape index (κ3) is 4.88. The van der Waals surface area contributed by atoms with Gasteiger partial charge in [-0.1, -0.05) is 44.2 Å². The van der Waals surface area contributed by atoms with Gasteiger partial charge in [0, 0.05) is 19.8 Å². The molecule has 96 valence electrons. The van der Waals surface area contributed by atoms with Crippen molar-refractivity contribution < 1.29 is 4.74 Å². The van der Waals surface area contributed by atoms with Crippen molar-refractivity contribution in [2.45, 2.75) is 38.6 Å². The number of rotatable bonds is 8. The van der Waals surface area contributed by atoms with E-state index in [0.717, 1.165) is 26.0 Å². The molecule has 1 aromatic rings. The summed E-state index contributed by atoms with van der Waals surface area (Å²) in [6, 6.07) is 11.3. The molecule has 0 aliphatic carbocycles. The van der Waals surface area contributed by atoms with E-state index in [1.54, 1.807) is 7.11 Å². The van der Waals surface area contributed by atoms with E-state index in [9.17, 15) is 0 Å². The lowest BCUT2D eigenvalue weighted by atomic mass is 9.90. The molecule has 0 bridgehead atoms. The van der Waals surface area contributed by atoms with E-state index in [-0.39, 0.29) is 0 Å². The quantitative estimate of drug-likeness (QED) is 0.699. The van der Waals surface area contributed by atoms with Gasteiger partial charge in [-0.25, -0.2) is 0 Å². The number of likely N-dealkylation sites (N-methyl/N-ethyl adjacent to an activating group) is 1. The number of benzene rings is 1. The predicted molar refractivity (Wildman–Crippen MR) is 73.4 cm³/mol. The molecule has 1 aromatic carbocycles. The van der Waals surface area contributed by atoms with Crippen molar-refractivity contribution in [1.29, 1.82) is 0 Å². The Hall–Kier alpha value is -0.860. The second kappa shape index (κ2) is 8.26. The highest BCUT2D eigenvalue weighted by Gasteiger charge is 2.17. The molecule has 0 saturated heterocycles. The molecular weight excluding hydrogens is 210 g/mol. The Labute approximate surface area is 105 Å². The van der Waals surface area contributed by atoms with Gasteiger partial charge in [-0.2, -0.15) is 0 Å². The van der Waals surface area contributed by atoms with E-state index < -0.39 is 0 Å². The van der Waals surface area contributed by atoms with Gasteiger partial charge in [0.1, 0.15) is 0 Å². The van der Waals surface area contributed by atoms with Crippen LogP contribution in [-0.2, 0) is 4.74 Å². The van der Waals surface area contributed by atoms with Gasteiger partial charge in [0.2, 0.25) is 0 Å². The van der Waals surface area contributed by atoms with E-state index in [0.29, 0.717) is 12.0 Å². The van der Waals surface area contributed by atoms with Gasteiger partial charge in [-0.3, -0.25) is 0 Å². The first-order chi connectivity index (χ1) is 8.29. The highest BCUT2D eigenvalue weighted by Crippen LogP contribution is 2.21. The molecule has 17 heavy (non-hydrogen) atoms. The van der Waals surface area contributed by atoms with Crippen LogP contribution in [0.2, 0.25) is 0 Å². The Balaban J connectivity index is 2.56. The van der Waals surface area contributed by atoms with Crippen LogP contribution in [-0.4, -0.2) is 26.3 Å². The number of hydrogen-bond acceptors (Lipinski definition) is 2. The van der Waals surface area contributed by atoms with Crippen molar-refractivity contribution in [2.24, 2.45) is 0 Å². The van der Waals surface area contributed by atoms with E-state index in [4.69, 9.17) is 4.74 Å². The minimum atomic E-state index is 0.539. The predicted octanol–water partition coefficient (Wildman–Crippen LogP) is 3.19. The maximum atomic E-state index is 5.13. The molecule has 0 spiro atoms. The largest absolute Gasteiger partial charge is 0.385 e. The Morgan fingerprint density at radius 2 is 1.94 bits per heavy atom. The topological polar surface area (TPSA) is 21.3 Å². The van der Waals surface area contributed by atoms with Crippen molar-refractivity contribution in [3.63, 3.8) is 0 Å². The molecule has 0 aliphatic rings. The Kier molecular flexibility index (Phi) is 6.90. The molecule has 0 fully saturated rings. The zero-order chi connectivity index (χ0) is 12.5. The van der Waals surface area contributed by atoms with Gasteiger partial charge < -0.3 is 10.1 Å². The summed E-state index contributed by atoms with van der Waals surface area (Å²) in [6.07, 6.45) is 2.28. The smallest absolute Gasteiger partial charge is 0.0462 e. The monoisotopic (exact) mass is 235 g/mol. The zero-order valence-corrected chi connectivity index (χ0v) is 11.3. The minimum Gasteiger partial charge on any atom is -0.385 e. The average molecular weight is 235 g/mol. The van der Waals surface area contributed by atoms with Crippen molar-refractivity contribution in [3.8, 4) is 0 Å². The zero-order valence-electron chi connectivity index (χ0n) is 11.3. The standard InChI is InChI=1S/C15H25NO/c1-4-16-15(11-8-12-17-3)13(2)14-9-6-5-7-10-14/h5-7,9-10,13,15-16H,4,8,11-12H2,1-3H3. The third-order valence-electron chi connectivity index (χ3n) is 3.26. The Bertz CT molecular complexity index is 286. The van der Waals surface area contributed by atoms with Crippen LogP contribution in [0.25, 0.3) is 0 Å². The average Bonchev–Trinajstić information content (AvgIpc) is 2.38. The van der Waals surface area contributed by atoms with Crippen LogP contribution in [0.1, 0.15) is 38.2 Å². The first-order valence-corrected chi connectivity index (χ1v) is 6.56. The normalized spacial score (nSPS) is 14.5. The van der Waals surface area contributed by atoms with Crippen LogP contribution < -0.4 is 5.32 Å². The SMILES string of the molecule is CCNC(CCCOC)C(C)c1ccccc1. The number of methoxy groups -OCH3 is 1. The number of nitrogens with one attached hydrogen (secondary N) is 1. The van der Waals surface area contributed by atoms with Crippen LogP contribution in [0.4, 0.5) is 0 Å². The molecule has 0 amide bonds. The minimum absolute atomic E-state index is 0.539. The van der Waals surface area contributed by atoms with E-state index >= 15 is 0 Å². The van der Waals surface area contributed by atoms with E-state index in [1.807, 2.05) is 0 Å². The maximum Gasteiger partial charge on any atom is 0.0462 e. The molecule has 0 aromatic heterocycles. The molecule has 0 aliphatic heterocycles. The molecule has 0 radical (unpaired) electrons. The van der Waals surface area contributed by atoms with Crippen molar-refractivity contribution >= 4 is 0 Å². The first kappa shape index (κ1) is 14.2. The summed E-state index contributed by atoms with van der Waals surface area (Å²) >= 11 is 0. The van der Waals surface area contributed by atoms with Gasteiger partial charge >= 0.3 is 0 Å². The van der Waals surface area contributed by atoms with E-state index in [2.05, 4.69) is 49.5 Å². The summed E-state index contributed by atoms with van der Waals surface area (Å²) in [4.78, 5) is 0. The molecule has 1 rings (SSSR count). The van der Waals surface area contributed by atoms with Gasteiger partial charge in [-0.05, 0) is 30.9 Å². The Morgan fingerprint density at radius 3 is 2.53 bits per heavy atom. The molecule has 0 heterocycles. The summed E-state index contributed by atoms with van der Waals surface area (Å²) in [5, 5.41) is 3.58. The molecule has 2 atom stereocenters. The second-order valence-corrected chi connectivity index (χ2v) is 4.50. The highest BCUT2D eigenvalue weighted by molar-refractivity contribution is 5.20. The van der Waals surface area contributed by atoms with Crippen LogP contribution in [0.5, 0.6) is 0 Å². The summed E-state index contributed by atoms with van der Waals surface area (Å²) < 4.78 is 5.13. The fourth-order valence-electron chi connectivity index (χ4n) is 2.23. The fourth-order valence-corrected chi connectivity index (χ4v) is 2.23. The van der Waals surface area contributed by atoms with Gasteiger partial charge in [0.25, 0.3) is 0 Å². The first-order valence-electron chi connectivity index (χ1n) is 6.56. The second-order valence-electron chi connectivity index (χ2n) is 4.50. The van der Waals surface area contributed by atoms with Gasteiger partial charge in [-0.15, -0.1) is 0 Å². The van der Waals surface area contributed by atoms with Crippen molar-refractivity contribution in [1.82, 2.24) is 5.32 Å². The van der Waals surface area contributed by atoms with Crippen LogP contribution in [0.15, 0.2) is 30.3 Å². The van der Waals surface area contributed by atoms with Crippen molar-refractivity contribution in [3.05, 3.63) is 35.9 Å². The molecule has 2 heteroatoms. The van der Waals surface area contributed by atoms with Crippen molar-refractivity contribution in [2.75, 3.05) is 20.3 Å². The summed E-state index contributed by atoms with van der Waals surface area (Å²) in [6.45, 7) is 6.34. The summed E-state index contributed by atoms with van der Waals surface area (Å²) in [5.41, 5.74) is 1.41. The lowest BCUT2D eigenvalue weighted by Crippen LogP contribution is -2.33. The lowest BCUT2D eigenvalue weighted by Gasteiger charge is -2.25. The van der Waals surface area contributed by atoms with Crippen LogP contribution in [0.3, 0.4) is 0 Å². The van der Waals surface area contributed by atoms with Gasteiger partial charge in [0.05, 0.1) is 0 Å². The summed E-state index contributed by atoms with van der Waals surface area (Å²) in [5.74, 6) is 0.549. The molecular formula is C15H25NO. The highest BCUT2D eigenvalue weighted by atomic mass is 16.5. The van der Waals surface area contributed by atoms with Crippen LogP contribution >= 0.6 is 0 Å². The van der Waals surface area contributed by atoms with Crippen LogP contribution in [0, 0.1) is 0 Å². The lowest BCUT2D eigenvalue weighted by molar-refractivity contribution is 0.187. The fraction of sp³-hybridized carbons (Fsp3) is 0.600. The maximum absolute atomic E-state index is 5.13. The molecule has 1 N–H and O–H groups in total. The molecule has 2 nitrogen and oxygen atoms in total. The summed E-state index contributed by atoms with van der Waals surface area (Å²) in [7, 11) is 1.77. The van der Waals surface area contributed by atoms with Gasteiger partial charge in [0.15, 0.2) is 0 Å². The molecule has 0 saturated carbocycles.